The van der Waals surface area contributed by atoms with Gasteiger partial charge in [-0.2, -0.15) is 0 Å². The molecule has 1 amide bonds. The van der Waals surface area contributed by atoms with E-state index >= 15 is 0 Å². The van der Waals surface area contributed by atoms with Gasteiger partial charge in [0.1, 0.15) is 11.9 Å². The van der Waals surface area contributed by atoms with E-state index in [-0.39, 0.29) is 12.0 Å². The third-order valence-electron chi connectivity index (χ3n) is 4.22. The van der Waals surface area contributed by atoms with Gasteiger partial charge in [0.25, 0.3) is 0 Å². The van der Waals surface area contributed by atoms with E-state index in [1.54, 1.807) is 4.90 Å². The van der Waals surface area contributed by atoms with E-state index in [1.807, 2.05) is 49.5 Å². The number of hydrogen-bond donors (Lipinski definition) is 1. The first-order chi connectivity index (χ1) is 12.1. The molecule has 0 spiro atoms. The molecular weight excluding hydrogens is 312 g/mol. The summed E-state index contributed by atoms with van der Waals surface area (Å²) in [4.78, 5) is 13.8. The second-order valence-corrected chi connectivity index (χ2v) is 6.33. The van der Waals surface area contributed by atoms with Crippen molar-refractivity contribution in [1.29, 1.82) is 0 Å². The monoisotopic (exact) mass is 340 g/mol. The Labute approximate surface area is 150 Å². The highest BCUT2D eigenvalue weighted by atomic mass is 16.5. The second-order valence-electron chi connectivity index (χ2n) is 6.33. The lowest BCUT2D eigenvalue weighted by Crippen LogP contribution is -2.29. The summed E-state index contributed by atoms with van der Waals surface area (Å²) in [5, 5.41) is 0. The number of rotatable bonds is 9. The zero-order valence-corrected chi connectivity index (χ0v) is 15.2. The molecule has 0 saturated carbocycles. The molecule has 2 aromatic carbocycles. The minimum Gasteiger partial charge on any atom is -0.486 e. The van der Waals surface area contributed by atoms with Crippen LogP contribution in [0.15, 0.2) is 54.6 Å². The molecule has 1 atom stereocenters. The number of ether oxygens (including phenoxy) is 1. The van der Waals surface area contributed by atoms with E-state index in [2.05, 4.69) is 19.1 Å². The summed E-state index contributed by atoms with van der Waals surface area (Å²) in [7, 11) is 1.84. The number of nitrogens with zero attached hydrogens (tertiary/aromatic N) is 1. The number of aryl methyl sites for hydroxylation is 1. The summed E-state index contributed by atoms with van der Waals surface area (Å²) in [6, 6.07) is 18.2. The molecule has 0 fully saturated rings. The third kappa shape index (κ3) is 6.24. The molecule has 134 valence electrons. The van der Waals surface area contributed by atoms with Gasteiger partial charge in [-0.3, -0.25) is 4.79 Å². The molecule has 0 aliphatic rings. The van der Waals surface area contributed by atoms with Crippen LogP contribution in [0.4, 0.5) is 0 Å². The Morgan fingerprint density at radius 3 is 2.44 bits per heavy atom. The van der Waals surface area contributed by atoms with Crippen LogP contribution in [0, 0.1) is 6.92 Å². The maximum absolute atomic E-state index is 12.1. The summed E-state index contributed by atoms with van der Waals surface area (Å²) in [6.07, 6.45) is 1.88. The number of hydrogen-bond acceptors (Lipinski definition) is 3. The maximum atomic E-state index is 12.1. The minimum absolute atomic E-state index is 0.0892. The van der Waals surface area contributed by atoms with Gasteiger partial charge in [0, 0.05) is 26.4 Å². The van der Waals surface area contributed by atoms with Crippen molar-refractivity contribution in [2.45, 2.75) is 32.3 Å². The van der Waals surface area contributed by atoms with Crippen LogP contribution in [0.25, 0.3) is 0 Å². The molecule has 25 heavy (non-hydrogen) atoms. The van der Waals surface area contributed by atoms with Crippen LogP contribution in [0.3, 0.4) is 0 Å². The molecule has 0 aromatic heterocycles. The molecule has 4 nitrogen and oxygen atoms in total. The van der Waals surface area contributed by atoms with Crippen molar-refractivity contribution in [3.8, 4) is 5.75 Å². The lowest BCUT2D eigenvalue weighted by molar-refractivity contribution is -0.130. The van der Waals surface area contributed by atoms with Crippen LogP contribution in [-0.2, 0) is 4.79 Å². The number of carbonyl (C=O) groups excluding carboxylic acids is 1. The van der Waals surface area contributed by atoms with Crippen molar-refractivity contribution in [1.82, 2.24) is 4.90 Å². The molecule has 0 aliphatic heterocycles. The van der Waals surface area contributed by atoms with Crippen LogP contribution in [0.5, 0.6) is 5.75 Å². The van der Waals surface area contributed by atoms with Crippen molar-refractivity contribution < 1.29 is 9.53 Å². The van der Waals surface area contributed by atoms with Gasteiger partial charge in [-0.25, -0.2) is 0 Å². The van der Waals surface area contributed by atoms with Crippen LogP contribution < -0.4 is 10.5 Å². The van der Waals surface area contributed by atoms with Crippen LogP contribution >= 0.6 is 0 Å². The molecule has 2 aromatic rings. The highest BCUT2D eigenvalue weighted by Crippen LogP contribution is 2.25. The average molecular weight is 340 g/mol. The van der Waals surface area contributed by atoms with E-state index in [0.717, 1.165) is 24.2 Å². The van der Waals surface area contributed by atoms with Crippen molar-refractivity contribution in [2.24, 2.45) is 5.73 Å². The normalized spacial score (nSPS) is 11.8. The fourth-order valence-corrected chi connectivity index (χ4v) is 2.62. The van der Waals surface area contributed by atoms with Crippen molar-refractivity contribution in [3.63, 3.8) is 0 Å². The SMILES string of the molecule is Cc1ccc(OC(CCN(C)C(=O)CCCN)c2ccccc2)cc1. The fourth-order valence-electron chi connectivity index (χ4n) is 2.62. The summed E-state index contributed by atoms with van der Waals surface area (Å²) < 4.78 is 6.21. The van der Waals surface area contributed by atoms with Crippen molar-refractivity contribution in [2.75, 3.05) is 20.1 Å². The lowest BCUT2D eigenvalue weighted by atomic mass is 10.1. The molecule has 4 heteroatoms. The molecule has 2 rings (SSSR count). The van der Waals surface area contributed by atoms with Crippen LogP contribution in [0.2, 0.25) is 0 Å². The van der Waals surface area contributed by atoms with Gasteiger partial charge >= 0.3 is 0 Å². The fraction of sp³-hybridized carbons (Fsp3) is 0.381. The van der Waals surface area contributed by atoms with Gasteiger partial charge in [-0.1, -0.05) is 48.0 Å². The Morgan fingerprint density at radius 2 is 1.80 bits per heavy atom. The van der Waals surface area contributed by atoms with E-state index in [9.17, 15) is 4.79 Å². The highest BCUT2D eigenvalue weighted by molar-refractivity contribution is 5.75. The van der Waals surface area contributed by atoms with E-state index < -0.39 is 0 Å². The van der Waals surface area contributed by atoms with Crippen LogP contribution in [-0.4, -0.2) is 30.9 Å². The Bertz CT molecular complexity index is 641. The maximum Gasteiger partial charge on any atom is 0.222 e. The van der Waals surface area contributed by atoms with E-state index in [4.69, 9.17) is 10.5 Å². The zero-order chi connectivity index (χ0) is 18.1. The lowest BCUT2D eigenvalue weighted by Gasteiger charge is -2.23. The highest BCUT2D eigenvalue weighted by Gasteiger charge is 2.16. The first-order valence-corrected chi connectivity index (χ1v) is 8.82. The van der Waals surface area contributed by atoms with Gasteiger partial charge in [0.15, 0.2) is 0 Å². The number of nitrogens with two attached hydrogens (primary N) is 1. The zero-order valence-electron chi connectivity index (χ0n) is 15.2. The van der Waals surface area contributed by atoms with Gasteiger partial charge in [0.05, 0.1) is 0 Å². The Hall–Kier alpha value is -2.33. The molecule has 0 bridgehead atoms. The van der Waals surface area contributed by atoms with Gasteiger partial charge in [-0.05, 0) is 37.6 Å². The summed E-state index contributed by atoms with van der Waals surface area (Å²) in [6.45, 7) is 3.25. The summed E-state index contributed by atoms with van der Waals surface area (Å²) >= 11 is 0. The smallest absolute Gasteiger partial charge is 0.222 e. The third-order valence-corrected chi connectivity index (χ3v) is 4.22. The molecular formula is C21H28N2O2. The average Bonchev–Trinajstić information content (AvgIpc) is 2.65. The molecule has 1 unspecified atom stereocenters. The molecule has 0 heterocycles. The molecule has 0 saturated heterocycles. The predicted octanol–water partition coefficient (Wildman–Crippen LogP) is 3.70. The Balaban J connectivity index is 2.02. The quantitative estimate of drug-likeness (QED) is 0.757. The van der Waals surface area contributed by atoms with Crippen LogP contribution in [0.1, 0.15) is 36.5 Å². The number of amides is 1. The van der Waals surface area contributed by atoms with Gasteiger partial charge in [-0.15, -0.1) is 0 Å². The summed E-state index contributed by atoms with van der Waals surface area (Å²) in [5.74, 6) is 0.976. The molecule has 0 aliphatic carbocycles. The van der Waals surface area contributed by atoms with Crippen molar-refractivity contribution in [3.05, 3.63) is 65.7 Å². The standard InChI is InChI=1S/C21H28N2O2/c1-17-10-12-19(13-11-17)25-20(18-7-4-3-5-8-18)14-16-23(2)21(24)9-6-15-22/h3-5,7-8,10-13,20H,6,9,14-16,22H2,1-2H3. The Morgan fingerprint density at radius 1 is 1.12 bits per heavy atom. The largest absolute Gasteiger partial charge is 0.486 e. The molecule has 2 N–H and O–H groups in total. The van der Waals surface area contributed by atoms with Crippen molar-refractivity contribution >= 4 is 5.91 Å². The first-order valence-electron chi connectivity index (χ1n) is 8.82. The Kier molecular flexibility index (Phi) is 7.48. The second kappa shape index (κ2) is 9.84. The van der Waals surface area contributed by atoms with E-state index in [0.29, 0.717) is 19.5 Å². The van der Waals surface area contributed by atoms with Gasteiger partial charge in [0.2, 0.25) is 5.91 Å². The first kappa shape index (κ1) is 19.0. The predicted molar refractivity (Wildman–Crippen MR) is 102 cm³/mol. The molecule has 0 radical (unpaired) electrons. The number of benzene rings is 2. The minimum atomic E-state index is -0.0892. The topological polar surface area (TPSA) is 55.6 Å². The van der Waals surface area contributed by atoms with Gasteiger partial charge < -0.3 is 15.4 Å². The number of carbonyl (C=O) groups is 1. The van der Waals surface area contributed by atoms with E-state index in [1.165, 1.54) is 5.56 Å². The summed E-state index contributed by atoms with van der Waals surface area (Å²) in [5.41, 5.74) is 7.80.